The van der Waals surface area contributed by atoms with Crippen LogP contribution in [0.4, 0.5) is 0 Å². The lowest BCUT2D eigenvalue weighted by Gasteiger charge is -2.05. The number of rotatable bonds is 8. The van der Waals surface area contributed by atoms with Crippen LogP contribution >= 0.6 is 0 Å². The average molecular weight is 213 g/mol. The molecule has 0 amide bonds. The lowest BCUT2D eigenvalue weighted by Crippen LogP contribution is -2.17. The highest BCUT2D eigenvalue weighted by atomic mass is 17.7. The number of hydrogen-bond donors (Lipinski definition) is 3. The molecule has 14 nitrogen and oxygen atoms in total. The minimum atomic E-state index is -0.140. The predicted octanol–water partition coefficient (Wildman–Crippen LogP) is 0.573. The van der Waals surface area contributed by atoms with Crippen molar-refractivity contribution in [3.8, 4) is 0 Å². The van der Waals surface area contributed by atoms with Crippen molar-refractivity contribution in [1.29, 1.82) is 5.53 Å². The lowest BCUT2D eigenvalue weighted by atomic mass is 12.4. The molecule has 0 bridgehead atoms. The Kier molecular flexibility index (Phi) is 8.28. The van der Waals surface area contributed by atoms with Crippen LogP contribution in [-0.4, -0.2) is 15.8 Å². The van der Waals surface area contributed by atoms with E-state index in [2.05, 4.69) is 51.2 Å². The SMILES string of the molecule is N=N/N=N/N=N/N(OOO)OOOO. The van der Waals surface area contributed by atoms with Gasteiger partial charge in [0.25, 0.3) is 0 Å². The Bertz CT molecular complexity index is 188. The summed E-state index contributed by atoms with van der Waals surface area (Å²) in [5.74, 6) is 0. The topological polar surface area (TPSA) is 175 Å². The van der Waals surface area contributed by atoms with Crippen molar-refractivity contribution in [1.82, 2.24) is 5.34 Å². The maximum Gasteiger partial charge on any atom is 0.0558 e. The zero-order valence-electron chi connectivity index (χ0n) is 6.12. The molecule has 0 aliphatic rings. The van der Waals surface area contributed by atoms with E-state index >= 15 is 0 Å². The first-order valence-electron chi connectivity index (χ1n) is 2.45. The van der Waals surface area contributed by atoms with Crippen LogP contribution in [0.5, 0.6) is 0 Å². The Hall–Kier alpha value is -1.68. The first-order chi connectivity index (χ1) is 6.85. The Labute approximate surface area is 73.9 Å². The highest BCUT2D eigenvalue weighted by Gasteiger charge is 2.05. The van der Waals surface area contributed by atoms with E-state index in [1.807, 2.05) is 0 Å². The molecule has 0 aliphatic heterocycles. The van der Waals surface area contributed by atoms with Gasteiger partial charge in [0, 0.05) is 10.4 Å². The molecule has 0 aromatic rings. The minimum absolute atomic E-state index is 0.140. The van der Waals surface area contributed by atoms with Gasteiger partial charge in [0.15, 0.2) is 0 Å². The largest absolute Gasteiger partial charge is 0.219 e. The maximum atomic E-state index is 7.73. The summed E-state index contributed by atoms with van der Waals surface area (Å²) >= 11 is 0. The minimum Gasteiger partial charge on any atom is -0.219 e. The van der Waals surface area contributed by atoms with Crippen LogP contribution in [0.2, 0.25) is 0 Å². The van der Waals surface area contributed by atoms with Crippen molar-refractivity contribution >= 4 is 0 Å². The van der Waals surface area contributed by atoms with Crippen molar-refractivity contribution < 1.29 is 35.6 Å². The van der Waals surface area contributed by atoms with Gasteiger partial charge in [-0.05, 0) is 40.8 Å². The zero-order chi connectivity index (χ0) is 10.6. The van der Waals surface area contributed by atoms with Crippen molar-refractivity contribution in [3.63, 3.8) is 0 Å². The van der Waals surface area contributed by atoms with Gasteiger partial charge in [-0.2, -0.15) is 5.53 Å². The summed E-state index contributed by atoms with van der Waals surface area (Å²) < 4.78 is 0. The van der Waals surface area contributed by atoms with Gasteiger partial charge >= 0.3 is 0 Å². The Morgan fingerprint density at radius 3 is 2.36 bits per heavy atom. The molecular weight excluding hydrogens is 210 g/mol. The smallest absolute Gasteiger partial charge is 0.0558 e. The quantitative estimate of drug-likeness (QED) is 0.297. The standard InChI is InChI=1S/H3N7O7/c1-2-3-4-5-6-7(10-12-8)11-14-13-9/h1,8-9H/b2-1?,4-3+,6-5+. The number of hydrogen-bond acceptors (Lipinski definition) is 9. The fourth-order valence-corrected chi connectivity index (χ4v) is 0.199. The summed E-state index contributed by atoms with van der Waals surface area (Å²) in [6.45, 7) is 0. The molecule has 14 heteroatoms. The van der Waals surface area contributed by atoms with Crippen molar-refractivity contribution in [3.05, 3.63) is 0 Å². The molecule has 0 unspecified atom stereocenters. The summed E-state index contributed by atoms with van der Waals surface area (Å²) in [5, 5.41) is 38.0. The van der Waals surface area contributed by atoms with Crippen LogP contribution in [0.3, 0.4) is 0 Å². The molecule has 0 spiro atoms. The van der Waals surface area contributed by atoms with Crippen molar-refractivity contribution in [2.75, 3.05) is 0 Å². The van der Waals surface area contributed by atoms with E-state index in [-0.39, 0.29) is 5.34 Å². The molecule has 0 saturated carbocycles. The van der Waals surface area contributed by atoms with Gasteiger partial charge in [-0.3, -0.25) is 0 Å². The molecule has 0 aliphatic carbocycles. The van der Waals surface area contributed by atoms with Crippen molar-refractivity contribution in [2.24, 2.45) is 26.1 Å². The zero-order valence-corrected chi connectivity index (χ0v) is 6.12. The average Bonchev–Trinajstić information content (AvgIpc) is 2.20. The highest BCUT2D eigenvalue weighted by molar-refractivity contribution is 4.02. The number of nitrogens with zero attached hydrogens (tertiary/aromatic N) is 6. The Morgan fingerprint density at radius 2 is 1.79 bits per heavy atom. The second kappa shape index (κ2) is 9.41. The van der Waals surface area contributed by atoms with E-state index in [4.69, 9.17) is 16.0 Å². The van der Waals surface area contributed by atoms with E-state index in [9.17, 15) is 0 Å². The van der Waals surface area contributed by atoms with Gasteiger partial charge in [0.05, 0.1) is 5.34 Å². The molecule has 3 N–H and O–H groups in total. The molecule has 0 atom stereocenters. The molecule has 0 aromatic heterocycles. The second-order valence-corrected chi connectivity index (χ2v) is 1.06. The van der Waals surface area contributed by atoms with Gasteiger partial charge in [0.2, 0.25) is 0 Å². The van der Waals surface area contributed by atoms with E-state index < -0.39 is 0 Å². The Morgan fingerprint density at radius 1 is 1.00 bits per heavy atom. The van der Waals surface area contributed by atoms with E-state index in [0.29, 0.717) is 0 Å². The van der Waals surface area contributed by atoms with Gasteiger partial charge in [-0.25, -0.2) is 10.5 Å². The first-order valence-corrected chi connectivity index (χ1v) is 2.45. The normalized spacial score (nSPS) is 11.3. The molecule has 0 aromatic carbocycles. The fraction of sp³-hybridized carbons (Fsp3) is 0. The molecule has 0 rings (SSSR count). The summed E-state index contributed by atoms with van der Waals surface area (Å²) in [5.41, 5.74) is 6.12. The third kappa shape index (κ3) is 7.00. The molecule has 0 fully saturated rings. The molecular formula is H3N7O7. The molecule has 80 valence electrons. The van der Waals surface area contributed by atoms with Crippen LogP contribution in [0, 0.1) is 5.53 Å². The molecule has 0 saturated heterocycles. The summed E-state index contributed by atoms with van der Waals surface area (Å²) in [6, 6.07) is 0. The fourth-order valence-electron chi connectivity index (χ4n) is 0.199. The van der Waals surface area contributed by atoms with E-state index in [0.717, 1.165) is 0 Å². The summed E-state index contributed by atoms with van der Waals surface area (Å²) in [7, 11) is 0. The molecule has 14 heavy (non-hydrogen) atoms. The molecule has 0 radical (unpaired) electrons. The van der Waals surface area contributed by atoms with Gasteiger partial charge < -0.3 is 0 Å². The van der Waals surface area contributed by atoms with Gasteiger partial charge in [-0.1, -0.05) is 0 Å². The van der Waals surface area contributed by atoms with Gasteiger partial charge in [-0.15, -0.1) is 0 Å². The van der Waals surface area contributed by atoms with Crippen LogP contribution in [-0.2, 0) is 25.1 Å². The van der Waals surface area contributed by atoms with Crippen LogP contribution < -0.4 is 0 Å². The second-order valence-electron chi connectivity index (χ2n) is 1.06. The monoisotopic (exact) mass is 213 g/mol. The number of nitrogens with one attached hydrogen (secondary N) is 1. The van der Waals surface area contributed by atoms with Crippen molar-refractivity contribution in [2.45, 2.75) is 0 Å². The lowest BCUT2D eigenvalue weighted by molar-refractivity contribution is -0.741. The van der Waals surface area contributed by atoms with Crippen LogP contribution in [0.15, 0.2) is 26.1 Å². The van der Waals surface area contributed by atoms with Gasteiger partial charge in [0.1, 0.15) is 0 Å². The molecule has 0 heterocycles. The predicted molar refractivity (Wildman–Crippen MR) is 27.4 cm³/mol. The third-order valence-electron chi connectivity index (χ3n) is 0.459. The van der Waals surface area contributed by atoms with E-state index in [1.165, 1.54) is 0 Å². The Balaban J connectivity index is 3.86. The van der Waals surface area contributed by atoms with Crippen LogP contribution in [0.1, 0.15) is 0 Å². The first kappa shape index (κ1) is 12.3. The maximum absolute atomic E-state index is 7.73. The summed E-state index contributed by atoms with van der Waals surface area (Å²) in [4.78, 5) is 7.36. The third-order valence-corrected chi connectivity index (χ3v) is 0.459. The highest BCUT2D eigenvalue weighted by Crippen LogP contribution is 1.96. The summed E-state index contributed by atoms with van der Waals surface area (Å²) in [6.07, 6.45) is 0. The van der Waals surface area contributed by atoms with Crippen LogP contribution in [0.25, 0.3) is 0 Å². The van der Waals surface area contributed by atoms with E-state index in [1.54, 1.807) is 0 Å².